The molecule has 0 unspecified atom stereocenters. The van der Waals surface area contributed by atoms with Gasteiger partial charge in [-0.05, 0) is 18.6 Å². The van der Waals surface area contributed by atoms with Crippen LogP contribution in [-0.2, 0) is 0 Å². The molecule has 1 heterocycles. The Bertz CT molecular complexity index is 659. The minimum Gasteiger partial charge on any atom is -0.334 e. The normalized spacial score (nSPS) is 10.5. The lowest BCUT2D eigenvalue weighted by molar-refractivity contribution is 0.432. The monoisotopic (exact) mass is 236 g/mol. The molecule has 0 saturated carbocycles. The Morgan fingerprint density at radius 2 is 1.61 bits per heavy atom. The molecule has 18 heavy (non-hydrogen) atoms. The maximum atomic E-state index is 5.32. The van der Waals surface area contributed by atoms with Crippen LogP contribution in [0.3, 0.4) is 0 Å². The van der Waals surface area contributed by atoms with E-state index in [0.29, 0.717) is 11.7 Å². The summed E-state index contributed by atoms with van der Waals surface area (Å²) in [6.07, 6.45) is 0. The lowest BCUT2D eigenvalue weighted by Gasteiger charge is -1.97. The molecule has 3 aromatic rings. The van der Waals surface area contributed by atoms with Crippen LogP contribution in [0.4, 0.5) is 0 Å². The molecule has 0 bridgehead atoms. The number of nitrogens with zero attached hydrogens (tertiary/aromatic N) is 2. The summed E-state index contributed by atoms with van der Waals surface area (Å²) in [4.78, 5) is 4.43. The Kier molecular flexibility index (Phi) is 2.65. The molecule has 0 aliphatic rings. The predicted octanol–water partition coefficient (Wildman–Crippen LogP) is 3.71. The molecule has 2 aromatic carbocycles. The molecule has 0 fully saturated rings. The summed E-state index contributed by atoms with van der Waals surface area (Å²) in [5.41, 5.74) is 3.06. The second-order valence-corrected chi connectivity index (χ2v) is 4.10. The number of aromatic nitrogens is 2. The zero-order valence-corrected chi connectivity index (χ0v) is 10.00. The smallest absolute Gasteiger partial charge is 0.258 e. The molecule has 3 heteroatoms. The standard InChI is InChI=1S/C15H12N2O/c1-11-7-5-6-10-13(11)15-16-14(17-18-15)12-8-3-2-4-9-12/h2-10H,1H3. The Morgan fingerprint density at radius 1 is 0.889 bits per heavy atom. The van der Waals surface area contributed by atoms with Gasteiger partial charge in [-0.1, -0.05) is 53.7 Å². The first-order valence-electron chi connectivity index (χ1n) is 5.80. The first-order chi connectivity index (χ1) is 8.84. The third-order valence-electron chi connectivity index (χ3n) is 2.83. The molecule has 0 saturated heterocycles. The van der Waals surface area contributed by atoms with Gasteiger partial charge in [-0.15, -0.1) is 0 Å². The molecule has 0 amide bonds. The van der Waals surface area contributed by atoms with Gasteiger partial charge in [0.15, 0.2) is 0 Å². The van der Waals surface area contributed by atoms with Crippen molar-refractivity contribution < 1.29 is 4.52 Å². The number of rotatable bonds is 2. The zero-order valence-electron chi connectivity index (χ0n) is 10.00. The second-order valence-electron chi connectivity index (χ2n) is 4.10. The van der Waals surface area contributed by atoms with E-state index in [1.54, 1.807) is 0 Å². The Morgan fingerprint density at radius 3 is 2.39 bits per heavy atom. The fourth-order valence-corrected chi connectivity index (χ4v) is 1.85. The summed E-state index contributed by atoms with van der Waals surface area (Å²) >= 11 is 0. The van der Waals surface area contributed by atoms with E-state index in [1.165, 1.54) is 0 Å². The van der Waals surface area contributed by atoms with Gasteiger partial charge in [0, 0.05) is 11.1 Å². The van der Waals surface area contributed by atoms with Crippen LogP contribution in [0.5, 0.6) is 0 Å². The van der Waals surface area contributed by atoms with Crippen molar-refractivity contribution in [3.8, 4) is 22.8 Å². The van der Waals surface area contributed by atoms with Gasteiger partial charge >= 0.3 is 0 Å². The lowest BCUT2D eigenvalue weighted by atomic mass is 10.1. The minimum absolute atomic E-state index is 0.562. The molecule has 3 rings (SSSR count). The van der Waals surface area contributed by atoms with Crippen molar-refractivity contribution in [1.29, 1.82) is 0 Å². The summed E-state index contributed by atoms with van der Waals surface area (Å²) in [5.74, 6) is 1.18. The second kappa shape index (κ2) is 4.45. The third-order valence-corrected chi connectivity index (χ3v) is 2.83. The van der Waals surface area contributed by atoms with Crippen molar-refractivity contribution in [2.24, 2.45) is 0 Å². The van der Waals surface area contributed by atoms with Crippen molar-refractivity contribution in [1.82, 2.24) is 10.1 Å². The maximum Gasteiger partial charge on any atom is 0.258 e. The maximum absolute atomic E-state index is 5.32. The van der Waals surface area contributed by atoms with Gasteiger partial charge in [0.05, 0.1) is 0 Å². The molecule has 0 N–H and O–H groups in total. The van der Waals surface area contributed by atoms with Crippen molar-refractivity contribution in [2.75, 3.05) is 0 Å². The highest BCUT2D eigenvalue weighted by Crippen LogP contribution is 2.24. The van der Waals surface area contributed by atoms with Crippen LogP contribution in [0, 0.1) is 6.92 Å². The van der Waals surface area contributed by atoms with Crippen LogP contribution in [-0.4, -0.2) is 10.1 Å². The van der Waals surface area contributed by atoms with Crippen LogP contribution in [0.25, 0.3) is 22.8 Å². The van der Waals surface area contributed by atoms with E-state index in [1.807, 2.05) is 61.5 Å². The predicted molar refractivity (Wildman–Crippen MR) is 69.9 cm³/mol. The van der Waals surface area contributed by atoms with Crippen molar-refractivity contribution in [3.05, 3.63) is 60.2 Å². The fraction of sp³-hybridized carbons (Fsp3) is 0.0667. The lowest BCUT2D eigenvalue weighted by Crippen LogP contribution is -1.83. The quantitative estimate of drug-likeness (QED) is 0.680. The Balaban J connectivity index is 2.03. The number of hydrogen-bond donors (Lipinski definition) is 0. The van der Waals surface area contributed by atoms with Gasteiger partial charge in [0.1, 0.15) is 0 Å². The van der Waals surface area contributed by atoms with Crippen molar-refractivity contribution in [3.63, 3.8) is 0 Å². The van der Waals surface area contributed by atoms with Gasteiger partial charge in [0.25, 0.3) is 5.89 Å². The molecule has 0 spiro atoms. The largest absolute Gasteiger partial charge is 0.334 e. The van der Waals surface area contributed by atoms with Crippen LogP contribution in [0.15, 0.2) is 59.1 Å². The minimum atomic E-state index is 0.562. The van der Waals surface area contributed by atoms with Gasteiger partial charge in [-0.25, -0.2) is 0 Å². The van der Waals surface area contributed by atoms with E-state index in [-0.39, 0.29) is 0 Å². The molecule has 0 aliphatic heterocycles. The number of aryl methyl sites for hydroxylation is 1. The topological polar surface area (TPSA) is 38.9 Å². The summed E-state index contributed by atoms with van der Waals surface area (Å²) in [5, 5.41) is 4.02. The SMILES string of the molecule is Cc1ccccc1-c1nc(-c2ccccc2)no1. The van der Waals surface area contributed by atoms with E-state index in [2.05, 4.69) is 10.1 Å². The highest BCUT2D eigenvalue weighted by molar-refractivity contribution is 5.62. The number of hydrogen-bond acceptors (Lipinski definition) is 3. The third kappa shape index (κ3) is 1.91. The van der Waals surface area contributed by atoms with Gasteiger partial charge in [-0.3, -0.25) is 0 Å². The first-order valence-corrected chi connectivity index (χ1v) is 5.80. The Labute approximate surface area is 105 Å². The van der Waals surface area contributed by atoms with E-state index < -0.39 is 0 Å². The van der Waals surface area contributed by atoms with Crippen LogP contribution >= 0.6 is 0 Å². The summed E-state index contributed by atoms with van der Waals surface area (Å²) in [6.45, 7) is 2.03. The fourth-order valence-electron chi connectivity index (χ4n) is 1.85. The van der Waals surface area contributed by atoms with Gasteiger partial charge < -0.3 is 4.52 Å². The number of benzene rings is 2. The summed E-state index contributed by atoms with van der Waals surface area (Å²) in [6, 6.07) is 17.8. The van der Waals surface area contributed by atoms with Crippen molar-refractivity contribution >= 4 is 0 Å². The molecule has 1 aromatic heterocycles. The van der Waals surface area contributed by atoms with E-state index in [0.717, 1.165) is 16.7 Å². The Hall–Kier alpha value is -2.42. The van der Waals surface area contributed by atoms with E-state index >= 15 is 0 Å². The average molecular weight is 236 g/mol. The van der Waals surface area contributed by atoms with E-state index in [9.17, 15) is 0 Å². The van der Waals surface area contributed by atoms with Crippen LogP contribution in [0.2, 0.25) is 0 Å². The van der Waals surface area contributed by atoms with Crippen LogP contribution in [0.1, 0.15) is 5.56 Å². The average Bonchev–Trinajstić information content (AvgIpc) is 2.90. The molecule has 0 aliphatic carbocycles. The molecule has 88 valence electrons. The van der Waals surface area contributed by atoms with Gasteiger partial charge in [0.2, 0.25) is 5.82 Å². The molecular formula is C15H12N2O. The molecular weight excluding hydrogens is 224 g/mol. The summed E-state index contributed by atoms with van der Waals surface area (Å²) in [7, 11) is 0. The zero-order chi connectivity index (χ0) is 12.4. The molecule has 3 nitrogen and oxygen atoms in total. The molecule has 0 radical (unpaired) electrons. The van der Waals surface area contributed by atoms with E-state index in [4.69, 9.17) is 4.52 Å². The summed E-state index contributed by atoms with van der Waals surface area (Å²) < 4.78 is 5.32. The van der Waals surface area contributed by atoms with Crippen molar-refractivity contribution in [2.45, 2.75) is 6.92 Å². The van der Waals surface area contributed by atoms with Crippen LogP contribution < -0.4 is 0 Å². The first kappa shape index (κ1) is 10.7. The highest BCUT2D eigenvalue weighted by atomic mass is 16.5. The highest BCUT2D eigenvalue weighted by Gasteiger charge is 2.11. The van der Waals surface area contributed by atoms with Gasteiger partial charge in [-0.2, -0.15) is 4.98 Å². The molecule has 0 atom stereocenters.